The van der Waals surface area contributed by atoms with E-state index in [1.807, 2.05) is 90.4 Å². The molecule has 0 atom stereocenters. The van der Waals surface area contributed by atoms with Crippen LogP contribution < -0.4 is 29.6 Å². The maximum absolute atomic E-state index is 12.1. The maximum atomic E-state index is 12.1. The van der Waals surface area contributed by atoms with Gasteiger partial charge in [-0.1, -0.05) is 23.2 Å². The Kier molecular flexibility index (Phi) is 9.01. The minimum absolute atomic E-state index is 0. The van der Waals surface area contributed by atoms with E-state index in [1.54, 1.807) is 12.1 Å². The van der Waals surface area contributed by atoms with Crippen molar-refractivity contribution in [3.8, 4) is 22.6 Å². The number of aromatic hydroxyl groups is 2. The van der Waals surface area contributed by atoms with Gasteiger partial charge in [0.05, 0.1) is 28.5 Å². The van der Waals surface area contributed by atoms with E-state index in [4.69, 9.17) is 27.6 Å². The molecule has 12 heteroatoms. The van der Waals surface area contributed by atoms with Crippen LogP contribution in [0.2, 0.25) is 10.0 Å². The number of rotatable bonds is 2. The van der Waals surface area contributed by atoms with Crippen LogP contribution in [0.25, 0.3) is 33.1 Å². The van der Waals surface area contributed by atoms with Gasteiger partial charge in [0.1, 0.15) is 0 Å². The van der Waals surface area contributed by atoms with Crippen LogP contribution >= 0.6 is 114 Å². The van der Waals surface area contributed by atoms with Crippen molar-refractivity contribution in [3.63, 3.8) is 0 Å². The van der Waals surface area contributed by atoms with Crippen molar-refractivity contribution in [2.75, 3.05) is 0 Å². The molecule has 0 aliphatic carbocycles. The van der Waals surface area contributed by atoms with Gasteiger partial charge in [-0.05, 0) is 115 Å². The fraction of sp³-hybridized carbons (Fsp3) is 0. The van der Waals surface area contributed by atoms with E-state index in [1.165, 1.54) is 12.1 Å². The molecule has 158 valence electrons. The fourth-order valence-electron chi connectivity index (χ4n) is 3.27. The monoisotopic (exact) mass is 928 g/mol. The van der Waals surface area contributed by atoms with Gasteiger partial charge in [0.2, 0.25) is 0 Å². The van der Waals surface area contributed by atoms with Crippen molar-refractivity contribution in [1.29, 1.82) is 0 Å². The van der Waals surface area contributed by atoms with Gasteiger partial charge < -0.3 is 15.3 Å². The Balaban J connectivity index is 0.00000289. The zero-order chi connectivity index (χ0) is 22.8. The Morgan fingerprint density at radius 1 is 0.812 bits per heavy atom. The molecular formula is C20H7Cl2I4NaO5+2. The second-order valence-electron chi connectivity index (χ2n) is 6.39. The molecule has 5 nitrogen and oxygen atoms in total. The predicted molar refractivity (Wildman–Crippen MR) is 155 cm³/mol. The number of phenolic OH excluding ortho intramolecular Hbond substituents is 2. The quantitative estimate of drug-likeness (QED) is 0.109. The van der Waals surface area contributed by atoms with Gasteiger partial charge >= 0.3 is 46.7 Å². The smallest absolute Gasteiger partial charge is 0.505 e. The number of carboxylic acids is 1. The third-order valence-electron chi connectivity index (χ3n) is 4.58. The van der Waals surface area contributed by atoms with Gasteiger partial charge in [-0.15, -0.1) is 0 Å². The normalized spacial score (nSPS) is 11.1. The number of hydrogen-bond donors (Lipinski definition) is 3. The molecule has 0 fully saturated rings. The molecule has 0 aliphatic rings. The minimum Gasteiger partial charge on any atom is -0.505 e. The Morgan fingerprint density at radius 3 is 1.72 bits per heavy atom. The van der Waals surface area contributed by atoms with E-state index in [0.29, 0.717) is 41.8 Å². The first-order valence-corrected chi connectivity index (χ1v) is 13.3. The van der Waals surface area contributed by atoms with Crippen LogP contribution in [0.4, 0.5) is 0 Å². The molecule has 1 heterocycles. The van der Waals surface area contributed by atoms with Crippen LogP contribution in [-0.4, -0.2) is 21.3 Å². The van der Waals surface area contributed by atoms with Crippen molar-refractivity contribution in [2.24, 2.45) is 0 Å². The maximum Gasteiger partial charge on any atom is 1.00 e. The van der Waals surface area contributed by atoms with E-state index in [0.717, 1.165) is 0 Å². The standard InChI is InChI=1S/C20H6Cl2I4O5.Na/c21-5-1-8(20(29)30)13(9(22)2-5)12-6-3-10(23)16(27)14(25)18(6)31-19-7(12)4-11(24)17(28)15(19)26;/h1-4H,(H2-,27,28,29,30);/q;+1/p+1. The summed E-state index contributed by atoms with van der Waals surface area (Å²) in [5.74, 6) is -1.09. The van der Waals surface area contributed by atoms with Gasteiger partial charge in [-0.3, -0.25) is 0 Å². The molecular weight excluding hydrogens is 922 g/mol. The number of halogens is 6. The molecule has 3 aromatic carbocycles. The van der Waals surface area contributed by atoms with Gasteiger partial charge in [0.15, 0.2) is 18.6 Å². The summed E-state index contributed by atoms with van der Waals surface area (Å²) in [7, 11) is 0. The van der Waals surface area contributed by atoms with E-state index in [-0.39, 0.29) is 62.2 Å². The fourth-order valence-corrected chi connectivity index (χ4v) is 7.43. The van der Waals surface area contributed by atoms with Crippen LogP contribution in [0.1, 0.15) is 10.4 Å². The van der Waals surface area contributed by atoms with Crippen LogP contribution in [-0.2, 0) is 0 Å². The number of carbonyl (C=O) groups is 1. The summed E-state index contributed by atoms with van der Waals surface area (Å²) < 4.78 is 8.19. The predicted octanol–water partition coefficient (Wildman–Crippen LogP) is 5.37. The van der Waals surface area contributed by atoms with Crippen molar-refractivity contribution in [3.05, 3.63) is 54.2 Å². The van der Waals surface area contributed by atoms with Crippen molar-refractivity contribution >= 4 is 141 Å². The molecule has 0 spiro atoms. The van der Waals surface area contributed by atoms with Crippen molar-refractivity contribution < 1.29 is 54.1 Å². The number of benzene rings is 3. The van der Waals surface area contributed by atoms with Gasteiger partial charge in [-0.2, -0.15) is 0 Å². The third kappa shape index (κ3) is 4.67. The number of fused-ring (bicyclic) bond motifs is 2. The van der Waals surface area contributed by atoms with Crippen LogP contribution in [0, 0.1) is 14.3 Å². The zero-order valence-corrected chi connectivity index (χ0v) is 27.9. The number of carboxylic acid groups (broad SMARTS) is 1. The number of aromatic carboxylic acids is 1. The first kappa shape index (κ1) is 27.5. The molecule has 0 saturated heterocycles. The summed E-state index contributed by atoms with van der Waals surface area (Å²) in [6, 6.07) is 6.27. The molecule has 0 radical (unpaired) electrons. The molecule has 0 aliphatic heterocycles. The van der Waals surface area contributed by atoms with Crippen molar-refractivity contribution in [1.82, 2.24) is 0 Å². The molecule has 0 unspecified atom stereocenters. The third-order valence-corrected chi connectivity index (χ3v) is 8.74. The molecule has 0 saturated carbocycles. The Bertz CT molecular complexity index is 1390. The second kappa shape index (κ2) is 10.5. The first-order valence-electron chi connectivity index (χ1n) is 8.23. The Hall–Kier alpha value is 0.900. The summed E-state index contributed by atoms with van der Waals surface area (Å²) in [4.78, 5) is 12.1. The second-order valence-corrected chi connectivity index (χ2v) is 11.7. The van der Waals surface area contributed by atoms with E-state index in [9.17, 15) is 20.1 Å². The Morgan fingerprint density at radius 2 is 1.28 bits per heavy atom. The topological polar surface area (TPSA) is 89.1 Å². The number of hydrogen-bond acceptors (Lipinski definition) is 3. The number of phenols is 2. The van der Waals surface area contributed by atoms with Crippen LogP contribution in [0.15, 0.2) is 28.7 Å². The van der Waals surface area contributed by atoms with Crippen LogP contribution in [0.5, 0.6) is 11.5 Å². The van der Waals surface area contributed by atoms with Crippen molar-refractivity contribution in [2.45, 2.75) is 0 Å². The molecule has 3 N–H and O–H groups in total. The van der Waals surface area contributed by atoms with E-state index >= 15 is 0 Å². The van der Waals surface area contributed by atoms with Gasteiger partial charge in [-0.25, -0.2) is 9.21 Å². The first-order chi connectivity index (χ1) is 14.5. The summed E-state index contributed by atoms with van der Waals surface area (Å²) in [5, 5.41) is 32.4. The molecule has 4 aromatic rings. The average Bonchev–Trinajstić information content (AvgIpc) is 2.70. The van der Waals surface area contributed by atoms with E-state index < -0.39 is 5.97 Å². The summed E-state index contributed by atoms with van der Waals surface area (Å²) in [6.45, 7) is 0. The molecule has 4 rings (SSSR count). The van der Waals surface area contributed by atoms with Crippen LogP contribution in [0.3, 0.4) is 0 Å². The zero-order valence-electron chi connectivity index (χ0n) is 15.7. The molecule has 32 heavy (non-hydrogen) atoms. The summed E-state index contributed by atoms with van der Waals surface area (Å²) in [6.07, 6.45) is 0. The summed E-state index contributed by atoms with van der Waals surface area (Å²) in [5.41, 5.74) is 1.42. The minimum atomic E-state index is -1.19. The van der Waals surface area contributed by atoms with Gasteiger partial charge in [0.25, 0.3) is 0 Å². The largest absolute Gasteiger partial charge is 1.00 e. The average molecular weight is 929 g/mol. The Labute approximate surface area is 268 Å². The molecule has 0 bridgehead atoms. The summed E-state index contributed by atoms with van der Waals surface area (Å²) >= 11 is 20.6. The SMILES string of the molecule is O=C(O)c1cc(Cl)cc(Cl)c1-c1c2cc(I)c(O)c(I)c2[o+]c2c(I)c(O)c(I)cc12.[Na+]. The van der Waals surface area contributed by atoms with Gasteiger partial charge in [0, 0.05) is 16.1 Å². The molecule has 1 aromatic heterocycles. The van der Waals surface area contributed by atoms with E-state index in [2.05, 4.69) is 0 Å². The molecule has 0 amide bonds.